The summed E-state index contributed by atoms with van der Waals surface area (Å²) in [7, 11) is 0. The van der Waals surface area contributed by atoms with E-state index in [-0.39, 0.29) is 0 Å². The average molecular weight is 224 g/mol. The van der Waals surface area contributed by atoms with Gasteiger partial charge in [-0.3, -0.25) is 4.90 Å². The molecule has 0 unspecified atom stereocenters. The molecule has 0 radical (unpaired) electrons. The Morgan fingerprint density at radius 1 is 1.31 bits per heavy atom. The molecule has 2 N–H and O–H groups in total. The molecule has 2 saturated carbocycles. The Morgan fingerprint density at radius 2 is 2.00 bits per heavy atom. The Morgan fingerprint density at radius 3 is 2.44 bits per heavy atom. The van der Waals surface area contributed by atoms with Crippen molar-refractivity contribution in [3.8, 4) is 0 Å². The maximum Gasteiger partial charge on any atom is 0.00966 e. The second kappa shape index (κ2) is 5.05. The number of hydrogen-bond donors (Lipinski definition) is 1. The minimum absolute atomic E-state index is 0.633. The normalized spacial score (nSPS) is 23.1. The van der Waals surface area contributed by atoms with Gasteiger partial charge in [-0.15, -0.1) is 0 Å². The molecule has 0 bridgehead atoms. The van der Waals surface area contributed by atoms with Crippen LogP contribution in [0, 0.1) is 11.3 Å². The summed E-state index contributed by atoms with van der Waals surface area (Å²) in [5, 5.41) is 0. The standard InChI is InChI=1S/C14H28N2/c1-12(2)5-10-16(13-3-4-13)11-14(6-7-14)8-9-15/h12-13H,3-11,15H2,1-2H3. The van der Waals surface area contributed by atoms with Crippen LogP contribution in [0.3, 0.4) is 0 Å². The third-order valence-electron chi connectivity index (χ3n) is 4.23. The molecule has 0 aromatic rings. The zero-order valence-corrected chi connectivity index (χ0v) is 11.0. The molecule has 94 valence electrons. The van der Waals surface area contributed by atoms with Crippen LogP contribution in [0.4, 0.5) is 0 Å². The van der Waals surface area contributed by atoms with Crippen molar-refractivity contribution in [1.82, 2.24) is 4.90 Å². The molecule has 0 aromatic carbocycles. The molecule has 2 fully saturated rings. The highest BCUT2D eigenvalue weighted by Crippen LogP contribution is 2.50. The zero-order valence-electron chi connectivity index (χ0n) is 11.0. The van der Waals surface area contributed by atoms with Crippen molar-refractivity contribution in [2.75, 3.05) is 19.6 Å². The number of nitrogens with two attached hydrogens (primary N) is 1. The molecule has 0 spiro atoms. The van der Waals surface area contributed by atoms with Crippen LogP contribution in [0.5, 0.6) is 0 Å². The molecule has 2 aliphatic rings. The maximum absolute atomic E-state index is 5.73. The second-order valence-corrected chi connectivity index (χ2v) is 6.42. The summed E-state index contributed by atoms with van der Waals surface area (Å²) >= 11 is 0. The highest BCUT2D eigenvalue weighted by Gasteiger charge is 2.45. The molecule has 0 atom stereocenters. The first-order valence-corrected chi connectivity index (χ1v) is 7.09. The van der Waals surface area contributed by atoms with Crippen molar-refractivity contribution in [3.63, 3.8) is 0 Å². The van der Waals surface area contributed by atoms with Gasteiger partial charge in [0.2, 0.25) is 0 Å². The molecular formula is C14H28N2. The van der Waals surface area contributed by atoms with Gasteiger partial charge in [0, 0.05) is 12.6 Å². The fourth-order valence-electron chi connectivity index (χ4n) is 2.66. The molecule has 2 nitrogen and oxygen atoms in total. The van der Waals surface area contributed by atoms with Gasteiger partial charge in [-0.25, -0.2) is 0 Å². The molecule has 2 rings (SSSR count). The number of nitrogens with zero attached hydrogens (tertiary/aromatic N) is 1. The van der Waals surface area contributed by atoms with E-state index in [1.54, 1.807) is 0 Å². The lowest BCUT2D eigenvalue weighted by molar-refractivity contribution is 0.195. The van der Waals surface area contributed by atoms with Gasteiger partial charge >= 0.3 is 0 Å². The lowest BCUT2D eigenvalue weighted by Gasteiger charge is -2.28. The van der Waals surface area contributed by atoms with E-state index in [1.165, 1.54) is 51.6 Å². The van der Waals surface area contributed by atoms with E-state index in [9.17, 15) is 0 Å². The lowest BCUT2D eigenvalue weighted by Crippen LogP contribution is -2.34. The van der Waals surface area contributed by atoms with E-state index >= 15 is 0 Å². The van der Waals surface area contributed by atoms with Crippen LogP contribution in [-0.2, 0) is 0 Å². The summed E-state index contributed by atoms with van der Waals surface area (Å²) in [5.41, 5.74) is 6.36. The van der Waals surface area contributed by atoms with E-state index in [0.29, 0.717) is 5.41 Å². The van der Waals surface area contributed by atoms with Gasteiger partial charge in [0.1, 0.15) is 0 Å². The predicted octanol–water partition coefficient (Wildman–Crippen LogP) is 2.63. The van der Waals surface area contributed by atoms with E-state index < -0.39 is 0 Å². The first kappa shape index (κ1) is 12.4. The van der Waals surface area contributed by atoms with Crippen molar-refractivity contribution >= 4 is 0 Å². The van der Waals surface area contributed by atoms with Crippen LogP contribution in [0.25, 0.3) is 0 Å². The van der Waals surface area contributed by atoms with Crippen LogP contribution in [0.15, 0.2) is 0 Å². The largest absolute Gasteiger partial charge is 0.330 e. The topological polar surface area (TPSA) is 29.3 Å². The molecule has 0 amide bonds. The molecule has 0 aromatic heterocycles. The van der Waals surface area contributed by atoms with E-state index in [4.69, 9.17) is 5.73 Å². The van der Waals surface area contributed by atoms with Crippen LogP contribution in [-0.4, -0.2) is 30.6 Å². The monoisotopic (exact) mass is 224 g/mol. The third-order valence-corrected chi connectivity index (χ3v) is 4.23. The van der Waals surface area contributed by atoms with E-state index in [1.807, 2.05) is 0 Å². The van der Waals surface area contributed by atoms with Gasteiger partial charge in [0.05, 0.1) is 0 Å². The van der Waals surface area contributed by atoms with Crippen molar-refractivity contribution in [1.29, 1.82) is 0 Å². The molecule has 0 saturated heterocycles. The molecule has 0 aliphatic heterocycles. The Balaban J connectivity index is 1.78. The minimum Gasteiger partial charge on any atom is -0.330 e. The quantitative estimate of drug-likeness (QED) is 0.687. The van der Waals surface area contributed by atoms with Gasteiger partial charge < -0.3 is 5.73 Å². The first-order chi connectivity index (χ1) is 7.65. The first-order valence-electron chi connectivity index (χ1n) is 7.09. The van der Waals surface area contributed by atoms with Crippen LogP contribution >= 0.6 is 0 Å². The van der Waals surface area contributed by atoms with Crippen molar-refractivity contribution in [2.45, 2.75) is 58.4 Å². The van der Waals surface area contributed by atoms with Crippen molar-refractivity contribution < 1.29 is 0 Å². The summed E-state index contributed by atoms with van der Waals surface area (Å²) in [5.74, 6) is 0.839. The van der Waals surface area contributed by atoms with E-state index in [0.717, 1.165) is 18.5 Å². The summed E-state index contributed by atoms with van der Waals surface area (Å²) in [6.45, 7) is 8.19. The smallest absolute Gasteiger partial charge is 0.00966 e. The molecule has 2 heteroatoms. The average Bonchev–Trinajstić information content (AvgIpc) is 3.07. The van der Waals surface area contributed by atoms with Gasteiger partial charge in [-0.05, 0) is 62.9 Å². The van der Waals surface area contributed by atoms with Crippen LogP contribution < -0.4 is 5.73 Å². The Hall–Kier alpha value is -0.0800. The highest BCUT2D eigenvalue weighted by molar-refractivity contribution is 4.98. The Kier molecular flexibility index (Phi) is 3.91. The maximum atomic E-state index is 5.73. The molecular weight excluding hydrogens is 196 g/mol. The van der Waals surface area contributed by atoms with Crippen LogP contribution in [0.1, 0.15) is 52.4 Å². The van der Waals surface area contributed by atoms with Crippen molar-refractivity contribution in [3.05, 3.63) is 0 Å². The van der Waals surface area contributed by atoms with E-state index in [2.05, 4.69) is 18.7 Å². The summed E-state index contributed by atoms with van der Waals surface area (Å²) in [6.07, 6.45) is 8.34. The van der Waals surface area contributed by atoms with Gasteiger partial charge in [-0.1, -0.05) is 13.8 Å². The van der Waals surface area contributed by atoms with Gasteiger partial charge in [-0.2, -0.15) is 0 Å². The SMILES string of the molecule is CC(C)CCN(CC1(CCN)CC1)C1CC1. The molecule has 0 heterocycles. The summed E-state index contributed by atoms with van der Waals surface area (Å²) < 4.78 is 0. The predicted molar refractivity (Wildman–Crippen MR) is 69.4 cm³/mol. The molecule has 2 aliphatic carbocycles. The van der Waals surface area contributed by atoms with Gasteiger partial charge in [0.25, 0.3) is 0 Å². The number of hydrogen-bond acceptors (Lipinski definition) is 2. The Bertz CT molecular complexity index is 217. The van der Waals surface area contributed by atoms with Crippen LogP contribution in [0.2, 0.25) is 0 Å². The zero-order chi connectivity index (χ0) is 11.6. The summed E-state index contributed by atoms with van der Waals surface area (Å²) in [6, 6.07) is 0.925. The van der Waals surface area contributed by atoms with Gasteiger partial charge in [0.15, 0.2) is 0 Å². The summed E-state index contributed by atoms with van der Waals surface area (Å²) in [4.78, 5) is 2.77. The van der Waals surface area contributed by atoms with Crippen molar-refractivity contribution in [2.24, 2.45) is 17.1 Å². The second-order valence-electron chi connectivity index (χ2n) is 6.42. The molecule has 16 heavy (non-hydrogen) atoms. The lowest BCUT2D eigenvalue weighted by atomic mass is 10.0. The fraction of sp³-hybridized carbons (Fsp3) is 1.00. The Labute approximate surface area is 101 Å². The minimum atomic E-state index is 0.633. The fourth-order valence-corrected chi connectivity index (χ4v) is 2.66. The number of rotatable bonds is 8. The highest BCUT2D eigenvalue weighted by atomic mass is 15.2. The third kappa shape index (κ3) is 3.46.